The summed E-state index contributed by atoms with van der Waals surface area (Å²) in [4.78, 5) is 14.6. The second kappa shape index (κ2) is 5.47. The Kier molecular flexibility index (Phi) is 3.84. The van der Waals surface area contributed by atoms with E-state index in [-0.39, 0.29) is 5.91 Å². The zero-order chi connectivity index (χ0) is 14.2. The maximum atomic E-state index is 12.4. The number of benzene rings is 1. The number of nitrogens with two attached hydrogens (primary N) is 1. The van der Waals surface area contributed by atoms with Gasteiger partial charge in [-0.3, -0.25) is 9.69 Å². The monoisotopic (exact) mass is 337 g/mol. The van der Waals surface area contributed by atoms with Crippen LogP contribution in [0.1, 0.15) is 24.0 Å². The van der Waals surface area contributed by atoms with Crippen LogP contribution >= 0.6 is 15.9 Å². The van der Waals surface area contributed by atoms with Crippen LogP contribution in [0.3, 0.4) is 0 Å². The Hall–Kier alpha value is -0.910. The number of amides is 1. The lowest BCUT2D eigenvalue weighted by Crippen LogP contribution is -2.54. The topological polar surface area (TPSA) is 58.4 Å². The van der Waals surface area contributed by atoms with E-state index in [4.69, 9.17) is 5.73 Å². The molecule has 1 aromatic carbocycles. The quantitative estimate of drug-likeness (QED) is 0.856. The fourth-order valence-corrected chi connectivity index (χ4v) is 4.17. The van der Waals surface area contributed by atoms with Crippen LogP contribution in [0.5, 0.6) is 0 Å². The van der Waals surface area contributed by atoms with Gasteiger partial charge in [0.05, 0.1) is 0 Å². The third-order valence-corrected chi connectivity index (χ3v) is 5.33. The minimum absolute atomic E-state index is 0.212. The first-order valence-corrected chi connectivity index (χ1v) is 7.99. The van der Waals surface area contributed by atoms with E-state index in [1.165, 1.54) is 5.56 Å². The Bertz CT molecular complexity index is 526. The van der Waals surface area contributed by atoms with Gasteiger partial charge in [0.15, 0.2) is 0 Å². The van der Waals surface area contributed by atoms with Crippen LogP contribution in [0.15, 0.2) is 22.7 Å². The van der Waals surface area contributed by atoms with Crippen molar-refractivity contribution in [2.24, 2.45) is 5.73 Å². The number of carbonyl (C=O) groups is 1. The molecule has 1 heterocycles. The standard InChI is InChI=1S/C15H20BrN3O/c16-13-4-1-3-12-11(13)5-6-15(12,14(17)20)19-9-2-7-18-8-10-19/h1,3-4,18H,2,5-10H2,(H2,17,20). The number of rotatable bonds is 2. The number of primary amides is 1. The molecule has 0 aromatic heterocycles. The lowest BCUT2D eigenvalue weighted by molar-refractivity contribution is -0.131. The number of fused-ring (bicyclic) bond motifs is 1. The van der Waals surface area contributed by atoms with E-state index in [0.717, 1.165) is 55.5 Å². The normalized spacial score (nSPS) is 27.1. The predicted octanol–water partition coefficient (Wildman–Crippen LogP) is 1.37. The zero-order valence-electron chi connectivity index (χ0n) is 11.5. The number of hydrogen-bond acceptors (Lipinski definition) is 3. The van der Waals surface area contributed by atoms with Crippen LogP contribution in [0.2, 0.25) is 0 Å². The van der Waals surface area contributed by atoms with Crippen molar-refractivity contribution < 1.29 is 4.79 Å². The average Bonchev–Trinajstić information content (AvgIpc) is 2.64. The van der Waals surface area contributed by atoms with Gasteiger partial charge < -0.3 is 11.1 Å². The van der Waals surface area contributed by atoms with E-state index < -0.39 is 5.54 Å². The fraction of sp³-hybridized carbons (Fsp3) is 0.533. The van der Waals surface area contributed by atoms with Crippen LogP contribution in [-0.2, 0) is 16.8 Å². The molecule has 0 bridgehead atoms. The van der Waals surface area contributed by atoms with Gasteiger partial charge in [0.25, 0.3) is 0 Å². The Balaban J connectivity index is 2.07. The maximum absolute atomic E-state index is 12.4. The smallest absolute Gasteiger partial charge is 0.242 e. The SMILES string of the molecule is NC(=O)C1(N2CCCNCC2)CCc2c(Br)cccc21. The number of halogens is 1. The molecule has 1 saturated heterocycles. The van der Waals surface area contributed by atoms with E-state index in [9.17, 15) is 4.79 Å². The summed E-state index contributed by atoms with van der Waals surface area (Å²) in [5, 5.41) is 3.39. The molecule has 1 aliphatic heterocycles. The molecule has 0 radical (unpaired) electrons. The molecule has 0 saturated carbocycles. The first kappa shape index (κ1) is 14.0. The number of nitrogens with one attached hydrogen (secondary N) is 1. The summed E-state index contributed by atoms with van der Waals surface area (Å²) in [6.45, 7) is 3.71. The van der Waals surface area contributed by atoms with Crippen LogP contribution < -0.4 is 11.1 Å². The molecule has 1 amide bonds. The lowest BCUT2D eigenvalue weighted by atomic mass is 9.88. The van der Waals surface area contributed by atoms with Gasteiger partial charge in [0.2, 0.25) is 5.91 Å². The Morgan fingerprint density at radius 2 is 2.20 bits per heavy atom. The highest BCUT2D eigenvalue weighted by atomic mass is 79.9. The van der Waals surface area contributed by atoms with Gasteiger partial charge in [-0.25, -0.2) is 0 Å². The van der Waals surface area contributed by atoms with E-state index in [2.05, 4.69) is 32.2 Å². The summed E-state index contributed by atoms with van der Waals surface area (Å²) in [6, 6.07) is 6.11. The van der Waals surface area contributed by atoms with Crippen LogP contribution in [0.25, 0.3) is 0 Å². The molecule has 1 unspecified atom stereocenters. The average molecular weight is 338 g/mol. The second-order valence-corrected chi connectivity index (χ2v) is 6.44. The third-order valence-electron chi connectivity index (χ3n) is 4.59. The largest absolute Gasteiger partial charge is 0.368 e. The van der Waals surface area contributed by atoms with Gasteiger partial charge in [-0.2, -0.15) is 0 Å². The Labute approximate surface area is 127 Å². The van der Waals surface area contributed by atoms with Crippen molar-refractivity contribution in [1.82, 2.24) is 10.2 Å². The molecule has 4 nitrogen and oxygen atoms in total. The van der Waals surface area contributed by atoms with Gasteiger partial charge in [0, 0.05) is 24.1 Å². The lowest BCUT2D eigenvalue weighted by Gasteiger charge is -2.39. The minimum atomic E-state index is -0.620. The van der Waals surface area contributed by atoms with Crippen molar-refractivity contribution in [2.75, 3.05) is 26.2 Å². The molecule has 108 valence electrons. The highest BCUT2D eigenvalue weighted by molar-refractivity contribution is 9.10. The Morgan fingerprint density at radius 1 is 1.35 bits per heavy atom. The van der Waals surface area contributed by atoms with Crippen molar-refractivity contribution in [2.45, 2.75) is 24.8 Å². The summed E-state index contributed by atoms with van der Waals surface area (Å²) >= 11 is 3.60. The first-order valence-electron chi connectivity index (χ1n) is 7.20. The second-order valence-electron chi connectivity index (χ2n) is 5.58. The van der Waals surface area contributed by atoms with Gasteiger partial charge >= 0.3 is 0 Å². The molecular weight excluding hydrogens is 318 g/mol. The number of carbonyl (C=O) groups excluding carboxylic acids is 1. The zero-order valence-corrected chi connectivity index (χ0v) is 13.1. The van der Waals surface area contributed by atoms with Crippen molar-refractivity contribution >= 4 is 21.8 Å². The molecule has 3 N–H and O–H groups in total. The van der Waals surface area contributed by atoms with Crippen molar-refractivity contribution in [3.8, 4) is 0 Å². The summed E-state index contributed by atoms with van der Waals surface area (Å²) in [6.07, 6.45) is 2.75. The molecule has 20 heavy (non-hydrogen) atoms. The molecule has 1 aromatic rings. The summed E-state index contributed by atoms with van der Waals surface area (Å²) in [5.41, 5.74) is 7.58. The number of nitrogens with zero attached hydrogens (tertiary/aromatic N) is 1. The van der Waals surface area contributed by atoms with Crippen LogP contribution in [-0.4, -0.2) is 37.0 Å². The molecule has 0 spiro atoms. The minimum Gasteiger partial charge on any atom is -0.368 e. The van der Waals surface area contributed by atoms with Gasteiger partial charge in [-0.05, 0) is 43.0 Å². The summed E-state index contributed by atoms with van der Waals surface area (Å²) in [7, 11) is 0. The molecular formula is C15H20BrN3O. The highest BCUT2D eigenvalue weighted by Gasteiger charge is 2.48. The molecule has 2 aliphatic rings. The fourth-order valence-electron chi connectivity index (χ4n) is 3.61. The van der Waals surface area contributed by atoms with Crippen LogP contribution in [0.4, 0.5) is 0 Å². The van der Waals surface area contributed by atoms with Crippen molar-refractivity contribution in [3.63, 3.8) is 0 Å². The Morgan fingerprint density at radius 3 is 3.00 bits per heavy atom. The van der Waals surface area contributed by atoms with Crippen LogP contribution in [0, 0.1) is 0 Å². The molecule has 3 rings (SSSR count). The molecule has 5 heteroatoms. The molecule has 1 aliphatic carbocycles. The van der Waals surface area contributed by atoms with Gasteiger partial charge in [-0.15, -0.1) is 0 Å². The van der Waals surface area contributed by atoms with Gasteiger partial charge in [0.1, 0.15) is 5.54 Å². The van der Waals surface area contributed by atoms with Crippen molar-refractivity contribution in [3.05, 3.63) is 33.8 Å². The van der Waals surface area contributed by atoms with E-state index in [1.54, 1.807) is 0 Å². The number of hydrogen-bond donors (Lipinski definition) is 2. The predicted molar refractivity (Wildman–Crippen MR) is 82.4 cm³/mol. The van der Waals surface area contributed by atoms with Gasteiger partial charge in [-0.1, -0.05) is 28.1 Å². The summed E-state index contributed by atoms with van der Waals surface area (Å²) < 4.78 is 1.09. The van der Waals surface area contributed by atoms with E-state index in [1.807, 2.05) is 12.1 Å². The van der Waals surface area contributed by atoms with Crippen molar-refractivity contribution in [1.29, 1.82) is 0 Å². The summed E-state index contributed by atoms with van der Waals surface area (Å²) in [5.74, 6) is -0.212. The van der Waals surface area contributed by atoms with E-state index >= 15 is 0 Å². The van der Waals surface area contributed by atoms with E-state index in [0.29, 0.717) is 0 Å². The molecule has 1 atom stereocenters. The molecule has 1 fully saturated rings. The third kappa shape index (κ3) is 2.08. The maximum Gasteiger partial charge on any atom is 0.242 e. The first-order chi connectivity index (χ1) is 9.66. The highest BCUT2D eigenvalue weighted by Crippen LogP contribution is 2.44.